The van der Waals surface area contributed by atoms with Crippen LogP contribution in [0, 0.1) is 0 Å². The maximum atomic E-state index is 6.11. The predicted molar refractivity (Wildman–Crippen MR) is 110 cm³/mol. The molecule has 130 valence electrons. The molecule has 0 fully saturated rings. The minimum atomic E-state index is -0.375. The van der Waals surface area contributed by atoms with E-state index < -0.39 is 0 Å². The Kier molecular flexibility index (Phi) is 3.90. The van der Waals surface area contributed by atoms with E-state index in [2.05, 4.69) is 67.3 Å². The van der Waals surface area contributed by atoms with Crippen LogP contribution in [0.1, 0.15) is 36.1 Å². The molecule has 0 N–H and O–H groups in total. The molecule has 2 heterocycles. The molecule has 3 nitrogen and oxygen atoms in total. The summed E-state index contributed by atoms with van der Waals surface area (Å²) in [5.41, 5.74) is 5.15. The van der Waals surface area contributed by atoms with Crippen LogP contribution >= 0.6 is 31.9 Å². The number of oxime groups is 1. The van der Waals surface area contributed by atoms with Crippen molar-refractivity contribution < 1.29 is 4.84 Å². The number of rotatable bonds is 1. The Labute approximate surface area is 168 Å². The van der Waals surface area contributed by atoms with E-state index in [0.717, 1.165) is 62.5 Å². The zero-order valence-electron chi connectivity index (χ0n) is 14.0. The molecule has 2 aromatic carbocycles. The first-order chi connectivity index (χ1) is 12.6. The Balaban J connectivity index is 1.57. The summed E-state index contributed by atoms with van der Waals surface area (Å²) in [6.07, 6.45) is 3.85. The second-order valence-corrected chi connectivity index (χ2v) is 8.81. The first kappa shape index (κ1) is 16.5. The van der Waals surface area contributed by atoms with Crippen molar-refractivity contribution in [3.8, 4) is 0 Å². The maximum Gasteiger partial charge on any atom is 0.170 e. The molecular weight excluding hydrogens is 456 g/mol. The van der Waals surface area contributed by atoms with Crippen molar-refractivity contribution in [3.63, 3.8) is 0 Å². The second-order valence-electron chi connectivity index (χ2n) is 6.98. The molecule has 1 spiro atoms. The number of hydrogen-bond donors (Lipinski definition) is 0. The van der Waals surface area contributed by atoms with Crippen LogP contribution in [0.5, 0.6) is 0 Å². The van der Waals surface area contributed by atoms with Gasteiger partial charge in [-0.3, -0.25) is 4.98 Å². The molecule has 1 atom stereocenters. The molecule has 0 amide bonds. The van der Waals surface area contributed by atoms with Crippen LogP contribution in [0.25, 0.3) is 10.9 Å². The van der Waals surface area contributed by atoms with E-state index >= 15 is 0 Å². The Bertz CT molecular complexity index is 1050. The summed E-state index contributed by atoms with van der Waals surface area (Å²) >= 11 is 7.06. The monoisotopic (exact) mass is 470 g/mol. The summed E-state index contributed by atoms with van der Waals surface area (Å²) in [6.45, 7) is 0. The van der Waals surface area contributed by atoms with E-state index in [1.165, 1.54) is 5.56 Å². The number of hydrogen-bond acceptors (Lipinski definition) is 3. The lowest BCUT2D eigenvalue weighted by Crippen LogP contribution is -2.31. The molecule has 1 aromatic heterocycles. The van der Waals surface area contributed by atoms with E-state index in [1.54, 1.807) is 0 Å². The van der Waals surface area contributed by atoms with Gasteiger partial charge in [-0.1, -0.05) is 49.1 Å². The lowest BCUT2D eigenvalue weighted by molar-refractivity contribution is -0.0366. The third kappa shape index (κ3) is 2.69. The van der Waals surface area contributed by atoms with E-state index in [0.29, 0.717) is 0 Å². The average molecular weight is 472 g/mol. The molecule has 1 aliphatic heterocycles. The first-order valence-corrected chi connectivity index (χ1v) is 10.3. The van der Waals surface area contributed by atoms with E-state index in [-0.39, 0.29) is 5.60 Å². The molecule has 0 saturated carbocycles. The molecule has 5 heteroatoms. The van der Waals surface area contributed by atoms with Crippen molar-refractivity contribution >= 4 is 48.5 Å². The zero-order chi connectivity index (χ0) is 17.7. The number of pyridine rings is 1. The predicted octanol–water partition coefficient (Wildman–Crippen LogP) is 6.12. The third-order valence-corrected chi connectivity index (χ3v) is 6.32. The minimum Gasteiger partial charge on any atom is -0.384 e. The van der Waals surface area contributed by atoms with Gasteiger partial charge < -0.3 is 4.84 Å². The quantitative estimate of drug-likeness (QED) is 0.428. The molecule has 3 aromatic rings. The van der Waals surface area contributed by atoms with Crippen LogP contribution < -0.4 is 0 Å². The van der Waals surface area contributed by atoms with Gasteiger partial charge in [-0.05, 0) is 61.2 Å². The van der Waals surface area contributed by atoms with Crippen LogP contribution in [-0.2, 0) is 16.9 Å². The van der Waals surface area contributed by atoms with Crippen molar-refractivity contribution in [1.82, 2.24) is 4.98 Å². The van der Waals surface area contributed by atoms with Crippen LogP contribution in [0.4, 0.5) is 0 Å². The van der Waals surface area contributed by atoms with Gasteiger partial charge in [0.15, 0.2) is 5.60 Å². The highest BCUT2D eigenvalue weighted by atomic mass is 79.9. The fourth-order valence-electron chi connectivity index (χ4n) is 4.00. The lowest BCUT2D eigenvalue weighted by atomic mass is 9.77. The molecule has 5 rings (SSSR count). The topological polar surface area (TPSA) is 34.5 Å². The van der Waals surface area contributed by atoms with Crippen molar-refractivity contribution in [3.05, 3.63) is 74.3 Å². The number of benzene rings is 2. The number of aryl methyl sites for hydroxylation is 1. The maximum absolute atomic E-state index is 6.11. The highest BCUT2D eigenvalue weighted by Crippen LogP contribution is 2.45. The van der Waals surface area contributed by atoms with Crippen LogP contribution in [0.3, 0.4) is 0 Å². The van der Waals surface area contributed by atoms with Gasteiger partial charge in [0.25, 0.3) is 0 Å². The van der Waals surface area contributed by atoms with Gasteiger partial charge in [-0.15, -0.1) is 0 Å². The average Bonchev–Trinajstić information content (AvgIpc) is 3.06. The molecular formula is C21H16Br2N2O. The van der Waals surface area contributed by atoms with E-state index in [9.17, 15) is 0 Å². The SMILES string of the molecule is Brc1ccc(C2=NO[C@@]3(CCCc4nc5ccc(Br)cc5cc43)C2)cc1. The van der Waals surface area contributed by atoms with Gasteiger partial charge in [0.2, 0.25) is 0 Å². The highest BCUT2D eigenvalue weighted by Gasteiger charge is 2.45. The van der Waals surface area contributed by atoms with Crippen molar-refractivity contribution in [2.24, 2.45) is 5.16 Å². The number of nitrogens with zero attached hydrogens (tertiary/aromatic N) is 2. The molecule has 0 unspecified atom stereocenters. The summed E-state index contributed by atoms with van der Waals surface area (Å²) in [7, 11) is 0. The van der Waals surface area contributed by atoms with Crippen LogP contribution in [0.15, 0.2) is 62.6 Å². The molecule has 1 aliphatic carbocycles. The number of fused-ring (bicyclic) bond motifs is 3. The normalized spacial score (nSPS) is 21.5. The van der Waals surface area contributed by atoms with Crippen LogP contribution in [-0.4, -0.2) is 10.7 Å². The van der Waals surface area contributed by atoms with Gasteiger partial charge in [0, 0.05) is 32.0 Å². The van der Waals surface area contributed by atoms with Gasteiger partial charge in [0.1, 0.15) is 0 Å². The summed E-state index contributed by atoms with van der Waals surface area (Å²) in [4.78, 5) is 11.0. The Hall–Kier alpha value is -1.72. The molecule has 0 bridgehead atoms. The zero-order valence-corrected chi connectivity index (χ0v) is 17.2. The van der Waals surface area contributed by atoms with Gasteiger partial charge in [-0.2, -0.15) is 0 Å². The largest absolute Gasteiger partial charge is 0.384 e. The third-order valence-electron chi connectivity index (χ3n) is 5.30. The minimum absolute atomic E-state index is 0.375. The number of aromatic nitrogens is 1. The number of halogens is 2. The summed E-state index contributed by atoms with van der Waals surface area (Å²) < 4.78 is 2.13. The Morgan fingerprint density at radius 3 is 2.62 bits per heavy atom. The summed E-state index contributed by atoms with van der Waals surface area (Å²) in [5.74, 6) is 0. The Morgan fingerprint density at radius 1 is 0.962 bits per heavy atom. The molecule has 2 aliphatic rings. The van der Waals surface area contributed by atoms with E-state index in [4.69, 9.17) is 9.82 Å². The van der Waals surface area contributed by atoms with Crippen LogP contribution in [0.2, 0.25) is 0 Å². The smallest absolute Gasteiger partial charge is 0.170 e. The summed E-state index contributed by atoms with van der Waals surface area (Å²) in [5, 5.41) is 5.61. The van der Waals surface area contributed by atoms with Gasteiger partial charge in [0.05, 0.1) is 11.2 Å². The van der Waals surface area contributed by atoms with Gasteiger partial charge >= 0.3 is 0 Å². The standard InChI is InChI=1S/C21H16Br2N2O/c22-15-5-3-13(4-6-15)20-12-21(26-25-20)9-1-2-19-17(21)11-14-10-16(23)7-8-18(14)24-19/h3-8,10-11H,1-2,9,12H2/t21-/m0/s1. The van der Waals surface area contributed by atoms with Gasteiger partial charge in [-0.25, -0.2) is 0 Å². The van der Waals surface area contributed by atoms with Crippen molar-refractivity contribution in [2.45, 2.75) is 31.3 Å². The fraction of sp³-hybridized carbons (Fsp3) is 0.238. The van der Waals surface area contributed by atoms with E-state index in [1.807, 2.05) is 18.2 Å². The van der Waals surface area contributed by atoms with Crippen molar-refractivity contribution in [1.29, 1.82) is 0 Å². The molecule has 26 heavy (non-hydrogen) atoms. The Morgan fingerprint density at radius 2 is 1.77 bits per heavy atom. The summed E-state index contributed by atoms with van der Waals surface area (Å²) in [6, 6.07) is 16.8. The highest BCUT2D eigenvalue weighted by molar-refractivity contribution is 9.10. The van der Waals surface area contributed by atoms with Crippen molar-refractivity contribution in [2.75, 3.05) is 0 Å². The first-order valence-electron chi connectivity index (χ1n) is 8.74. The fourth-order valence-corrected chi connectivity index (χ4v) is 4.64. The molecule has 0 saturated heterocycles. The molecule has 0 radical (unpaired) electrons. The second kappa shape index (κ2) is 6.17. The lowest BCUT2D eigenvalue weighted by Gasteiger charge is -2.32.